The van der Waals surface area contributed by atoms with Crippen molar-refractivity contribution in [2.45, 2.75) is 57.6 Å². The SMILES string of the molecule is CC(=O)NC(C)COc1ccc(C2(C3CC3)Cc3ccc(OCC4CC4)cc3O2)nc1. The van der Waals surface area contributed by atoms with E-state index < -0.39 is 5.60 Å². The minimum Gasteiger partial charge on any atom is -0.493 e. The van der Waals surface area contributed by atoms with Crippen molar-refractivity contribution in [1.82, 2.24) is 10.3 Å². The van der Waals surface area contributed by atoms with E-state index in [0.29, 0.717) is 18.3 Å². The maximum atomic E-state index is 11.1. The molecule has 0 spiro atoms. The summed E-state index contributed by atoms with van der Waals surface area (Å²) < 4.78 is 18.4. The molecule has 164 valence electrons. The molecule has 0 saturated heterocycles. The number of nitrogens with one attached hydrogen (secondary N) is 1. The molecular formula is C25H30N2O4. The smallest absolute Gasteiger partial charge is 0.217 e. The molecule has 2 aliphatic carbocycles. The van der Waals surface area contributed by atoms with Gasteiger partial charge in [-0.1, -0.05) is 6.07 Å². The highest BCUT2D eigenvalue weighted by Crippen LogP contribution is 2.54. The number of amides is 1. The number of hydrogen-bond acceptors (Lipinski definition) is 5. The van der Waals surface area contributed by atoms with Crippen LogP contribution >= 0.6 is 0 Å². The third-order valence-corrected chi connectivity index (χ3v) is 6.32. The van der Waals surface area contributed by atoms with Crippen molar-refractivity contribution in [3.05, 3.63) is 47.8 Å². The van der Waals surface area contributed by atoms with Crippen LogP contribution < -0.4 is 19.5 Å². The van der Waals surface area contributed by atoms with E-state index in [0.717, 1.165) is 49.0 Å². The molecular weight excluding hydrogens is 392 g/mol. The van der Waals surface area contributed by atoms with Gasteiger partial charge in [0.15, 0.2) is 5.60 Å². The average molecular weight is 423 g/mol. The third-order valence-electron chi connectivity index (χ3n) is 6.32. The molecule has 1 aliphatic heterocycles. The van der Waals surface area contributed by atoms with Gasteiger partial charge in [-0.25, -0.2) is 0 Å². The van der Waals surface area contributed by atoms with Gasteiger partial charge in [0.05, 0.1) is 24.5 Å². The van der Waals surface area contributed by atoms with Crippen molar-refractivity contribution in [2.24, 2.45) is 11.8 Å². The molecule has 2 unspecified atom stereocenters. The fourth-order valence-corrected chi connectivity index (χ4v) is 4.33. The summed E-state index contributed by atoms with van der Waals surface area (Å²) in [4.78, 5) is 15.9. The first-order valence-corrected chi connectivity index (χ1v) is 11.3. The van der Waals surface area contributed by atoms with E-state index in [1.807, 2.05) is 25.1 Å². The summed E-state index contributed by atoms with van der Waals surface area (Å²) in [5.41, 5.74) is 1.77. The van der Waals surface area contributed by atoms with Crippen molar-refractivity contribution in [2.75, 3.05) is 13.2 Å². The molecule has 1 N–H and O–H groups in total. The number of carbonyl (C=O) groups excluding carboxylic acids is 1. The van der Waals surface area contributed by atoms with E-state index in [2.05, 4.69) is 17.4 Å². The lowest BCUT2D eigenvalue weighted by atomic mass is 9.88. The molecule has 1 aromatic heterocycles. The van der Waals surface area contributed by atoms with Gasteiger partial charge in [0.1, 0.15) is 23.9 Å². The number of aromatic nitrogens is 1. The maximum absolute atomic E-state index is 11.1. The van der Waals surface area contributed by atoms with Gasteiger partial charge in [-0.2, -0.15) is 0 Å². The Labute approximate surface area is 183 Å². The van der Waals surface area contributed by atoms with Crippen molar-refractivity contribution >= 4 is 5.91 Å². The summed E-state index contributed by atoms with van der Waals surface area (Å²) >= 11 is 0. The Morgan fingerprint density at radius 3 is 2.68 bits per heavy atom. The van der Waals surface area contributed by atoms with Gasteiger partial charge in [-0.3, -0.25) is 9.78 Å². The predicted octanol–water partition coefficient (Wildman–Crippen LogP) is 4.01. The van der Waals surface area contributed by atoms with E-state index >= 15 is 0 Å². The van der Waals surface area contributed by atoms with Gasteiger partial charge in [-0.05, 0) is 62.3 Å². The van der Waals surface area contributed by atoms with Crippen LogP contribution in [0.3, 0.4) is 0 Å². The first-order chi connectivity index (χ1) is 15.0. The molecule has 2 aromatic rings. The highest BCUT2D eigenvalue weighted by molar-refractivity contribution is 5.73. The molecule has 6 heteroatoms. The molecule has 5 rings (SSSR count). The second-order valence-electron chi connectivity index (χ2n) is 9.26. The van der Waals surface area contributed by atoms with Gasteiger partial charge < -0.3 is 19.5 Å². The van der Waals surface area contributed by atoms with E-state index in [4.69, 9.17) is 19.2 Å². The lowest BCUT2D eigenvalue weighted by Gasteiger charge is -2.28. The Morgan fingerprint density at radius 2 is 2.00 bits per heavy atom. The fraction of sp³-hybridized carbons (Fsp3) is 0.520. The number of carbonyl (C=O) groups is 1. The van der Waals surface area contributed by atoms with Gasteiger partial charge in [0.2, 0.25) is 5.91 Å². The normalized spacial score (nSPS) is 22.9. The number of hydrogen-bond donors (Lipinski definition) is 1. The molecule has 1 aromatic carbocycles. The fourth-order valence-electron chi connectivity index (χ4n) is 4.33. The minimum absolute atomic E-state index is 0.0565. The number of ether oxygens (including phenoxy) is 3. The molecule has 1 amide bonds. The number of fused-ring (bicyclic) bond motifs is 1. The highest BCUT2D eigenvalue weighted by Gasteiger charge is 2.53. The Morgan fingerprint density at radius 1 is 1.19 bits per heavy atom. The largest absolute Gasteiger partial charge is 0.493 e. The Kier molecular flexibility index (Phi) is 5.24. The maximum Gasteiger partial charge on any atom is 0.217 e. The highest BCUT2D eigenvalue weighted by atomic mass is 16.5. The summed E-state index contributed by atoms with van der Waals surface area (Å²) in [5, 5.41) is 2.82. The molecule has 3 aliphatic rings. The summed E-state index contributed by atoms with van der Waals surface area (Å²) in [5.74, 6) is 3.66. The molecule has 2 saturated carbocycles. The van der Waals surface area contributed by atoms with E-state index in [9.17, 15) is 4.79 Å². The topological polar surface area (TPSA) is 69.7 Å². The molecule has 2 heterocycles. The van der Waals surface area contributed by atoms with Gasteiger partial charge in [0.25, 0.3) is 0 Å². The Balaban J connectivity index is 1.28. The summed E-state index contributed by atoms with van der Waals surface area (Å²) in [6.07, 6.45) is 7.48. The van der Waals surface area contributed by atoms with Crippen molar-refractivity contribution in [3.63, 3.8) is 0 Å². The zero-order chi connectivity index (χ0) is 21.4. The quantitative estimate of drug-likeness (QED) is 0.661. The van der Waals surface area contributed by atoms with Gasteiger partial charge in [0, 0.05) is 25.3 Å². The standard InChI is InChI=1S/C25H30N2O4/c1-16(27-17(2)28)14-29-22-9-10-24(26-13-22)25(20-6-7-20)12-19-5-8-21(11-23(19)31-25)30-15-18-3-4-18/h5,8-11,13,16,18,20H,3-4,6-7,12,14-15H2,1-2H3,(H,27,28). The van der Waals surface area contributed by atoms with Crippen molar-refractivity contribution in [1.29, 1.82) is 0 Å². The van der Waals surface area contributed by atoms with Crippen LogP contribution in [0.25, 0.3) is 0 Å². The number of rotatable bonds is 9. The van der Waals surface area contributed by atoms with Gasteiger partial charge in [-0.15, -0.1) is 0 Å². The number of benzene rings is 1. The van der Waals surface area contributed by atoms with Crippen LogP contribution in [0.5, 0.6) is 17.2 Å². The second-order valence-corrected chi connectivity index (χ2v) is 9.26. The van der Waals surface area contributed by atoms with Crippen LogP contribution in [0, 0.1) is 11.8 Å². The van der Waals surface area contributed by atoms with Crippen LogP contribution in [0.4, 0.5) is 0 Å². The molecule has 31 heavy (non-hydrogen) atoms. The van der Waals surface area contributed by atoms with Crippen molar-refractivity contribution in [3.8, 4) is 17.2 Å². The van der Waals surface area contributed by atoms with Crippen molar-refractivity contribution < 1.29 is 19.0 Å². The average Bonchev–Trinajstić information content (AvgIpc) is 3.67. The van der Waals surface area contributed by atoms with Crippen LogP contribution in [-0.4, -0.2) is 30.1 Å². The Bertz CT molecular complexity index is 952. The second kappa shape index (κ2) is 8.06. The monoisotopic (exact) mass is 422 g/mol. The zero-order valence-corrected chi connectivity index (χ0v) is 18.2. The predicted molar refractivity (Wildman–Crippen MR) is 116 cm³/mol. The lowest BCUT2D eigenvalue weighted by Crippen LogP contribution is -2.35. The zero-order valence-electron chi connectivity index (χ0n) is 18.2. The number of pyridine rings is 1. The first-order valence-electron chi connectivity index (χ1n) is 11.3. The van der Waals surface area contributed by atoms with Crippen LogP contribution in [0.2, 0.25) is 0 Å². The third kappa shape index (κ3) is 4.48. The summed E-state index contributed by atoms with van der Waals surface area (Å²) in [6.45, 7) is 4.62. The van der Waals surface area contributed by atoms with E-state index in [-0.39, 0.29) is 11.9 Å². The van der Waals surface area contributed by atoms with Crippen LogP contribution in [0.1, 0.15) is 50.8 Å². The van der Waals surface area contributed by atoms with Crippen LogP contribution in [0.15, 0.2) is 36.5 Å². The minimum atomic E-state index is -0.403. The molecule has 2 fully saturated rings. The Hall–Kier alpha value is -2.76. The summed E-state index contributed by atoms with van der Waals surface area (Å²) in [7, 11) is 0. The van der Waals surface area contributed by atoms with Gasteiger partial charge >= 0.3 is 0 Å². The molecule has 0 radical (unpaired) electrons. The molecule has 6 nitrogen and oxygen atoms in total. The molecule has 2 atom stereocenters. The first kappa shape index (κ1) is 20.2. The molecule has 0 bridgehead atoms. The lowest BCUT2D eigenvalue weighted by molar-refractivity contribution is -0.119. The van der Waals surface area contributed by atoms with E-state index in [1.54, 1.807) is 6.20 Å². The van der Waals surface area contributed by atoms with E-state index in [1.165, 1.54) is 25.3 Å². The summed E-state index contributed by atoms with van der Waals surface area (Å²) in [6, 6.07) is 10.2. The number of nitrogens with zero attached hydrogens (tertiary/aromatic N) is 1. The van der Waals surface area contributed by atoms with Crippen LogP contribution in [-0.2, 0) is 16.8 Å².